The normalized spacial score (nSPS) is 11.1. The summed E-state index contributed by atoms with van der Waals surface area (Å²) in [5.74, 6) is 0.491. The van der Waals surface area contributed by atoms with E-state index >= 15 is 0 Å². The lowest BCUT2D eigenvalue weighted by atomic mass is 9.92. The highest BCUT2D eigenvalue weighted by molar-refractivity contribution is 8.00. The first-order chi connectivity index (χ1) is 5.88. The molecule has 0 amide bonds. The summed E-state index contributed by atoms with van der Waals surface area (Å²) in [5, 5.41) is 0. The lowest BCUT2D eigenvalue weighted by Crippen LogP contribution is -2.22. The molecule has 0 atom stereocenters. The van der Waals surface area contributed by atoms with Crippen LogP contribution >= 0.6 is 11.8 Å². The molecule has 0 N–H and O–H groups in total. The molecule has 0 heterocycles. The van der Waals surface area contributed by atoms with Crippen molar-refractivity contribution in [1.82, 2.24) is 0 Å². The average Bonchev–Trinajstić information content (AvgIpc) is 2.02. The number of thioether (sulfide) groups is 1. The number of Topliss-reactive ketones (excluding diaryl/α,β-unsaturated/α-hetero) is 1. The minimum Gasteiger partial charge on any atom is -0.468 e. The predicted molar refractivity (Wildman–Crippen MR) is 53.8 cm³/mol. The molecule has 0 fully saturated rings. The predicted octanol–water partition coefficient (Wildman–Crippen LogP) is 1.51. The zero-order valence-electron chi connectivity index (χ0n) is 8.55. The van der Waals surface area contributed by atoms with Gasteiger partial charge in [0.05, 0.1) is 18.6 Å². The molecule has 0 aliphatic heterocycles. The van der Waals surface area contributed by atoms with Crippen LogP contribution in [0.15, 0.2) is 0 Å². The lowest BCUT2D eigenvalue weighted by Gasteiger charge is -2.15. The minimum atomic E-state index is -0.316. The van der Waals surface area contributed by atoms with E-state index in [2.05, 4.69) is 4.74 Å². The molecule has 76 valence electrons. The quantitative estimate of drug-likeness (QED) is 0.651. The van der Waals surface area contributed by atoms with Crippen molar-refractivity contribution in [3.63, 3.8) is 0 Å². The third-order valence-electron chi connectivity index (χ3n) is 1.52. The number of hydrogen-bond acceptors (Lipinski definition) is 4. The Kier molecular flexibility index (Phi) is 5.06. The molecule has 0 aromatic carbocycles. The van der Waals surface area contributed by atoms with Gasteiger partial charge in [0.2, 0.25) is 0 Å². The lowest BCUT2D eigenvalue weighted by molar-refractivity contribution is -0.137. The highest BCUT2D eigenvalue weighted by atomic mass is 32.2. The van der Waals surface area contributed by atoms with Gasteiger partial charge in [0.15, 0.2) is 0 Å². The van der Waals surface area contributed by atoms with Crippen LogP contribution < -0.4 is 0 Å². The number of esters is 1. The molecule has 0 aromatic rings. The maximum Gasteiger partial charge on any atom is 0.315 e. The van der Waals surface area contributed by atoms with Crippen LogP contribution in [0.1, 0.15) is 20.8 Å². The highest BCUT2D eigenvalue weighted by Crippen LogP contribution is 2.17. The molecule has 13 heavy (non-hydrogen) atoms. The number of hydrogen-bond donors (Lipinski definition) is 0. The summed E-state index contributed by atoms with van der Waals surface area (Å²) in [4.78, 5) is 22.1. The molecule has 0 rings (SSSR count). The van der Waals surface area contributed by atoms with E-state index in [9.17, 15) is 9.59 Å². The Morgan fingerprint density at radius 1 is 1.23 bits per heavy atom. The van der Waals surface area contributed by atoms with Crippen LogP contribution in [-0.2, 0) is 14.3 Å². The zero-order valence-corrected chi connectivity index (χ0v) is 9.36. The fraction of sp³-hybridized carbons (Fsp3) is 0.778. The van der Waals surface area contributed by atoms with Crippen LogP contribution in [-0.4, -0.2) is 30.4 Å². The largest absolute Gasteiger partial charge is 0.468 e. The van der Waals surface area contributed by atoms with Crippen molar-refractivity contribution in [2.24, 2.45) is 5.41 Å². The van der Waals surface area contributed by atoms with Crippen LogP contribution in [0.4, 0.5) is 0 Å². The van der Waals surface area contributed by atoms with E-state index in [0.717, 1.165) is 0 Å². The summed E-state index contributed by atoms with van der Waals surface area (Å²) in [5.41, 5.74) is -0.316. The molecule has 0 bridgehead atoms. The van der Waals surface area contributed by atoms with E-state index in [4.69, 9.17) is 0 Å². The van der Waals surface area contributed by atoms with Crippen molar-refractivity contribution >= 4 is 23.5 Å². The third-order valence-corrected chi connectivity index (χ3v) is 2.42. The van der Waals surface area contributed by atoms with Crippen molar-refractivity contribution in [3.05, 3.63) is 0 Å². The SMILES string of the molecule is COC(=O)CSCC(=O)C(C)(C)C. The van der Waals surface area contributed by atoms with E-state index in [0.29, 0.717) is 5.75 Å². The van der Waals surface area contributed by atoms with Gasteiger partial charge in [-0.1, -0.05) is 20.8 Å². The second-order valence-electron chi connectivity index (χ2n) is 3.74. The third kappa shape index (κ3) is 5.69. The summed E-state index contributed by atoms with van der Waals surface area (Å²) in [7, 11) is 1.34. The fourth-order valence-corrected chi connectivity index (χ4v) is 1.51. The first-order valence-corrected chi connectivity index (χ1v) is 5.21. The molecule has 0 aromatic heterocycles. The van der Waals surface area contributed by atoms with Gasteiger partial charge < -0.3 is 4.74 Å². The summed E-state index contributed by atoms with van der Waals surface area (Å²) < 4.78 is 4.45. The van der Waals surface area contributed by atoms with Crippen LogP contribution in [0, 0.1) is 5.41 Å². The molecular formula is C9H16O3S. The van der Waals surface area contributed by atoms with E-state index in [-0.39, 0.29) is 22.9 Å². The Hall–Kier alpha value is -0.510. The monoisotopic (exact) mass is 204 g/mol. The van der Waals surface area contributed by atoms with Crippen LogP contribution in [0.5, 0.6) is 0 Å². The first-order valence-electron chi connectivity index (χ1n) is 4.06. The molecule has 0 spiro atoms. The molecule has 4 heteroatoms. The molecule has 0 aliphatic rings. The fourth-order valence-electron chi connectivity index (χ4n) is 0.502. The van der Waals surface area contributed by atoms with Gasteiger partial charge >= 0.3 is 5.97 Å². The second-order valence-corrected chi connectivity index (χ2v) is 4.73. The van der Waals surface area contributed by atoms with E-state index in [1.807, 2.05) is 20.8 Å². The highest BCUT2D eigenvalue weighted by Gasteiger charge is 2.20. The van der Waals surface area contributed by atoms with Crippen molar-refractivity contribution in [2.45, 2.75) is 20.8 Å². The molecule has 0 unspecified atom stereocenters. The number of carbonyl (C=O) groups excluding carboxylic acids is 2. The number of ether oxygens (including phenoxy) is 1. The van der Waals surface area contributed by atoms with E-state index in [1.165, 1.54) is 18.9 Å². The average molecular weight is 204 g/mol. The van der Waals surface area contributed by atoms with Crippen LogP contribution in [0.25, 0.3) is 0 Å². The summed E-state index contributed by atoms with van der Waals surface area (Å²) >= 11 is 1.30. The summed E-state index contributed by atoms with van der Waals surface area (Å²) in [6.45, 7) is 5.61. The van der Waals surface area contributed by atoms with Gasteiger partial charge in [-0.25, -0.2) is 0 Å². The molecule has 0 saturated heterocycles. The van der Waals surface area contributed by atoms with Gasteiger partial charge in [-0.2, -0.15) is 0 Å². The maximum absolute atomic E-state index is 11.4. The van der Waals surface area contributed by atoms with Crippen molar-refractivity contribution in [2.75, 3.05) is 18.6 Å². The Morgan fingerprint density at radius 2 is 1.77 bits per heavy atom. The van der Waals surface area contributed by atoms with E-state index < -0.39 is 0 Å². The van der Waals surface area contributed by atoms with Crippen molar-refractivity contribution < 1.29 is 14.3 Å². The standard InChI is InChI=1S/C9H16O3S/c1-9(2,3)7(10)5-13-6-8(11)12-4/h5-6H2,1-4H3. The number of methoxy groups -OCH3 is 1. The van der Waals surface area contributed by atoms with Crippen molar-refractivity contribution in [1.29, 1.82) is 0 Å². The van der Waals surface area contributed by atoms with Gasteiger partial charge in [-0.3, -0.25) is 9.59 Å². The first kappa shape index (κ1) is 12.5. The number of rotatable bonds is 4. The van der Waals surface area contributed by atoms with E-state index in [1.54, 1.807) is 0 Å². The molecule has 0 aliphatic carbocycles. The molecule has 0 saturated carbocycles. The Morgan fingerprint density at radius 3 is 2.15 bits per heavy atom. The smallest absolute Gasteiger partial charge is 0.315 e. The molecule has 0 radical (unpaired) electrons. The topological polar surface area (TPSA) is 43.4 Å². The second kappa shape index (κ2) is 5.27. The van der Waals surface area contributed by atoms with Crippen molar-refractivity contribution in [3.8, 4) is 0 Å². The van der Waals surface area contributed by atoms with Gasteiger partial charge in [0.25, 0.3) is 0 Å². The number of carbonyl (C=O) groups is 2. The summed E-state index contributed by atoms with van der Waals surface area (Å²) in [6.07, 6.45) is 0. The minimum absolute atomic E-state index is 0.154. The Labute approximate surface area is 83.2 Å². The number of ketones is 1. The molecular weight excluding hydrogens is 188 g/mol. The molecule has 3 nitrogen and oxygen atoms in total. The maximum atomic E-state index is 11.4. The van der Waals surface area contributed by atoms with Gasteiger partial charge in [0, 0.05) is 5.41 Å². The summed E-state index contributed by atoms with van der Waals surface area (Å²) in [6, 6.07) is 0. The zero-order chi connectivity index (χ0) is 10.5. The Balaban J connectivity index is 3.67. The van der Waals surface area contributed by atoms with Gasteiger partial charge in [-0.15, -0.1) is 11.8 Å². The van der Waals surface area contributed by atoms with Crippen LogP contribution in [0.2, 0.25) is 0 Å². The van der Waals surface area contributed by atoms with Crippen LogP contribution in [0.3, 0.4) is 0 Å². The van der Waals surface area contributed by atoms with Gasteiger partial charge in [-0.05, 0) is 0 Å². The van der Waals surface area contributed by atoms with Gasteiger partial charge in [0.1, 0.15) is 5.78 Å². The Bertz CT molecular complexity index is 194.